The number of aliphatic hydroxyl groups excluding tert-OH is 1. The van der Waals surface area contributed by atoms with Gasteiger partial charge in [0.25, 0.3) is 0 Å². The molecule has 0 spiro atoms. The number of fused-ring (bicyclic) bond motifs is 1. The predicted octanol–water partition coefficient (Wildman–Crippen LogP) is 3.62. The molecule has 1 aliphatic rings. The van der Waals surface area contributed by atoms with Crippen LogP contribution in [0.2, 0.25) is 0 Å². The quantitative estimate of drug-likeness (QED) is 0.831. The fraction of sp³-hybridized carbons (Fsp3) is 0.667. The zero-order chi connectivity index (χ0) is 14.6. The Morgan fingerprint density at radius 2 is 1.90 bits per heavy atom. The highest BCUT2D eigenvalue weighted by Crippen LogP contribution is 2.26. The van der Waals surface area contributed by atoms with Gasteiger partial charge in [-0.05, 0) is 61.1 Å². The molecule has 0 amide bonds. The first kappa shape index (κ1) is 15.5. The summed E-state index contributed by atoms with van der Waals surface area (Å²) in [5.41, 5.74) is 4.65. The Labute approximate surface area is 123 Å². The van der Waals surface area contributed by atoms with Crippen molar-refractivity contribution >= 4 is 0 Å². The largest absolute Gasteiger partial charge is 0.396 e. The lowest BCUT2D eigenvalue weighted by Crippen LogP contribution is -2.32. The lowest BCUT2D eigenvalue weighted by atomic mass is 9.88. The standard InChI is InChI=1S/C18H29NO/c1-14(19-13-18(2,3)10-11-20)16-9-8-15-6-4-5-7-17(15)12-16/h8-9,12,14,19-20H,4-7,10-11,13H2,1-3H3. The van der Waals surface area contributed by atoms with E-state index in [9.17, 15) is 0 Å². The molecular formula is C18H29NO. The van der Waals surface area contributed by atoms with Crippen molar-refractivity contribution in [1.82, 2.24) is 5.32 Å². The van der Waals surface area contributed by atoms with E-state index >= 15 is 0 Å². The van der Waals surface area contributed by atoms with Crippen LogP contribution in [0.15, 0.2) is 18.2 Å². The third-order valence-electron chi connectivity index (χ3n) is 4.55. The third-order valence-corrected chi connectivity index (χ3v) is 4.55. The Bertz CT molecular complexity index is 439. The van der Waals surface area contributed by atoms with Crippen LogP contribution in [0.1, 0.15) is 62.8 Å². The van der Waals surface area contributed by atoms with E-state index in [0.717, 1.165) is 13.0 Å². The molecule has 2 rings (SSSR count). The van der Waals surface area contributed by atoms with Gasteiger partial charge in [-0.2, -0.15) is 0 Å². The summed E-state index contributed by atoms with van der Waals surface area (Å²) in [5.74, 6) is 0. The maximum absolute atomic E-state index is 9.09. The van der Waals surface area contributed by atoms with Crippen molar-refractivity contribution in [1.29, 1.82) is 0 Å². The molecule has 0 fully saturated rings. The van der Waals surface area contributed by atoms with Crippen molar-refractivity contribution in [3.05, 3.63) is 34.9 Å². The fourth-order valence-corrected chi connectivity index (χ4v) is 2.96. The van der Waals surface area contributed by atoms with Crippen LogP contribution in [0.4, 0.5) is 0 Å². The molecule has 0 saturated heterocycles. The van der Waals surface area contributed by atoms with E-state index in [2.05, 4.69) is 44.3 Å². The van der Waals surface area contributed by atoms with Crippen molar-refractivity contribution in [3.8, 4) is 0 Å². The van der Waals surface area contributed by atoms with Gasteiger partial charge in [0.2, 0.25) is 0 Å². The summed E-state index contributed by atoms with van der Waals surface area (Å²) in [7, 11) is 0. The van der Waals surface area contributed by atoms with Crippen LogP contribution in [0.25, 0.3) is 0 Å². The van der Waals surface area contributed by atoms with Gasteiger partial charge < -0.3 is 10.4 Å². The Morgan fingerprint density at radius 3 is 2.60 bits per heavy atom. The van der Waals surface area contributed by atoms with E-state index in [0.29, 0.717) is 6.04 Å². The van der Waals surface area contributed by atoms with E-state index in [1.807, 2.05) is 0 Å². The van der Waals surface area contributed by atoms with Gasteiger partial charge in [0.1, 0.15) is 0 Å². The zero-order valence-corrected chi connectivity index (χ0v) is 13.2. The van der Waals surface area contributed by atoms with Crippen molar-refractivity contribution in [2.24, 2.45) is 5.41 Å². The number of aliphatic hydroxyl groups is 1. The number of hydrogen-bond donors (Lipinski definition) is 2. The number of aryl methyl sites for hydroxylation is 2. The fourth-order valence-electron chi connectivity index (χ4n) is 2.96. The summed E-state index contributed by atoms with van der Waals surface area (Å²) < 4.78 is 0. The molecular weight excluding hydrogens is 246 g/mol. The lowest BCUT2D eigenvalue weighted by molar-refractivity contribution is 0.204. The molecule has 0 aromatic heterocycles. The Morgan fingerprint density at radius 1 is 1.20 bits per heavy atom. The van der Waals surface area contributed by atoms with Crippen LogP contribution in [0.5, 0.6) is 0 Å². The van der Waals surface area contributed by atoms with Gasteiger partial charge in [-0.15, -0.1) is 0 Å². The van der Waals surface area contributed by atoms with Crippen LogP contribution < -0.4 is 5.32 Å². The molecule has 0 saturated carbocycles. The van der Waals surface area contributed by atoms with E-state index in [-0.39, 0.29) is 12.0 Å². The van der Waals surface area contributed by atoms with Crippen LogP contribution in [-0.4, -0.2) is 18.3 Å². The molecule has 1 aliphatic carbocycles. The molecule has 112 valence electrons. The maximum atomic E-state index is 9.09. The Hall–Kier alpha value is -0.860. The minimum Gasteiger partial charge on any atom is -0.396 e. The summed E-state index contributed by atoms with van der Waals surface area (Å²) in [6.45, 7) is 7.85. The molecule has 1 unspecified atom stereocenters. The van der Waals surface area contributed by atoms with Gasteiger partial charge >= 0.3 is 0 Å². The SMILES string of the molecule is CC(NCC(C)(C)CCO)c1ccc2c(c1)CCCC2. The molecule has 2 N–H and O–H groups in total. The molecule has 1 atom stereocenters. The maximum Gasteiger partial charge on any atom is 0.0436 e. The van der Waals surface area contributed by atoms with E-state index in [1.54, 1.807) is 11.1 Å². The normalized spacial score (nSPS) is 16.8. The third kappa shape index (κ3) is 4.07. The van der Waals surface area contributed by atoms with Gasteiger partial charge in [0, 0.05) is 19.2 Å². The second-order valence-electron chi connectivity index (χ2n) is 6.98. The molecule has 1 aromatic rings. The molecule has 2 heteroatoms. The molecule has 2 nitrogen and oxygen atoms in total. The summed E-state index contributed by atoms with van der Waals surface area (Å²) in [6.07, 6.45) is 6.01. The Kier molecular flexibility index (Phi) is 5.22. The number of benzene rings is 1. The van der Waals surface area contributed by atoms with Crippen LogP contribution in [0, 0.1) is 5.41 Å². The topological polar surface area (TPSA) is 32.3 Å². The zero-order valence-electron chi connectivity index (χ0n) is 13.2. The van der Waals surface area contributed by atoms with Gasteiger partial charge in [0.05, 0.1) is 0 Å². The van der Waals surface area contributed by atoms with Gasteiger partial charge in [-0.25, -0.2) is 0 Å². The van der Waals surface area contributed by atoms with Crippen molar-refractivity contribution in [2.45, 2.75) is 58.9 Å². The second kappa shape index (κ2) is 6.73. The van der Waals surface area contributed by atoms with Crippen molar-refractivity contribution in [2.75, 3.05) is 13.2 Å². The molecule has 0 heterocycles. The minimum atomic E-state index is 0.150. The summed E-state index contributed by atoms with van der Waals surface area (Å²) >= 11 is 0. The van der Waals surface area contributed by atoms with Crippen LogP contribution in [0.3, 0.4) is 0 Å². The molecule has 1 aromatic carbocycles. The van der Waals surface area contributed by atoms with Crippen LogP contribution in [-0.2, 0) is 12.8 Å². The molecule has 20 heavy (non-hydrogen) atoms. The lowest BCUT2D eigenvalue weighted by Gasteiger charge is -2.27. The summed E-state index contributed by atoms with van der Waals surface area (Å²) in [4.78, 5) is 0. The average Bonchev–Trinajstić information content (AvgIpc) is 2.44. The smallest absolute Gasteiger partial charge is 0.0436 e. The average molecular weight is 275 g/mol. The van der Waals surface area contributed by atoms with Crippen molar-refractivity contribution in [3.63, 3.8) is 0 Å². The minimum absolute atomic E-state index is 0.150. The first-order valence-corrected chi connectivity index (χ1v) is 7.98. The number of rotatable bonds is 6. The van der Waals surface area contributed by atoms with Gasteiger partial charge in [-0.1, -0.05) is 32.0 Å². The molecule has 0 bridgehead atoms. The number of hydrogen-bond acceptors (Lipinski definition) is 2. The summed E-state index contributed by atoms with van der Waals surface area (Å²) in [6, 6.07) is 7.37. The first-order valence-electron chi connectivity index (χ1n) is 7.98. The van der Waals surface area contributed by atoms with E-state index < -0.39 is 0 Å². The highest BCUT2D eigenvalue weighted by atomic mass is 16.3. The van der Waals surface area contributed by atoms with Crippen molar-refractivity contribution < 1.29 is 5.11 Å². The van der Waals surface area contributed by atoms with E-state index in [1.165, 1.54) is 31.2 Å². The van der Waals surface area contributed by atoms with Gasteiger partial charge in [-0.3, -0.25) is 0 Å². The number of nitrogens with one attached hydrogen (secondary N) is 1. The monoisotopic (exact) mass is 275 g/mol. The van der Waals surface area contributed by atoms with E-state index in [4.69, 9.17) is 5.11 Å². The van der Waals surface area contributed by atoms with Gasteiger partial charge in [0.15, 0.2) is 0 Å². The summed E-state index contributed by atoms with van der Waals surface area (Å²) in [5, 5.41) is 12.7. The van der Waals surface area contributed by atoms with Crippen LogP contribution >= 0.6 is 0 Å². The highest BCUT2D eigenvalue weighted by Gasteiger charge is 2.19. The predicted molar refractivity (Wildman–Crippen MR) is 85.0 cm³/mol. The first-order chi connectivity index (χ1) is 9.52. The molecule has 0 radical (unpaired) electrons. The Balaban J connectivity index is 1.97. The molecule has 0 aliphatic heterocycles. The second-order valence-corrected chi connectivity index (χ2v) is 6.98. The highest BCUT2D eigenvalue weighted by molar-refractivity contribution is 5.35.